The summed E-state index contributed by atoms with van der Waals surface area (Å²) in [5, 5.41) is 16.5. The van der Waals surface area contributed by atoms with Crippen LogP contribution in [-0.2, 0) is 18.8 Å². The highest BCUT2D eigenvalue weighted by Gasteiger charge is 2.36. The molecule has 0 fully saturated rings. The fourth-order valence-electron chi connectivity index (χ4n) is 3.04. The maximum absolute atomic E-state index is 14.2. The third-order valence-corrected chi connectivity index (χ3v) is 4.37. The van der Waals surface area contributed by atoms with E-state index < -0.39 is 34.7 Å². The van der Waals surface area contributed by atoms with Crippen LogP contribution in [0.15, 0.2) is 36.4 Å². The van der Waals surface area contributed by atoms with Crippen LogP contribution in [-0.4, -0.2) is 14.8 Å². The van der Waals surface area contributed by atoms with Gasteiger partial charge in [0.15, 0.2) is 34.6 Å². The molecular formula is C20H15F5N4O. The molecule has 2 aromatic carbocycles. The molecular weight excluding hydrogens is 407 g/mol. The van der Waals surface area contributed by atoms with Crippen molar-refractivity contribution in [1.29, 1.82) is 5.26 Å². The highest BCUT2D eigenvalue weighted by molar-refractivity contribution is 5.61. The van der Waals surface area contributed by atoms with Crippen molar-refractivity contribution < 1.29 is 26.7 Å². The Bertz CT molecular complexity index is 1120. The van der Waals surface area contributed by atoms with Gasteiger partial charge >= 0.3 is 6.18 Å². The molecule has 0 spiro atoms. The number of nitriles is 1. The van der Waals surface area contributed by atoms with Crippen molar-refractivity contribution in [3.05, 3.63) is 65.0 Å². The zero-order chi connectivity index (χ0) is 22.3. The first kappa shape index (κ1) is 21.2. The maximum Gasteiger partial charge on any atom is 0.417 e. The molecule has 3 rings (SSSR count). The van der Waals surface area contributed by atoms with Gasteiger partial charge in [0.2, 0.25) is 0 Å². The van der Waals surface area contributed by atoms with Gasteiger partial charge in [0.05, 0.1) is 17.2 Å². The van der Waals surface area contributed by atoms with Crippen molar-refractivity contribution in [2.45, 2.75) is 25.6 Å². The fraction of sp³-hybridized carbons (Fsp3) is 0.250. The Morgan fingerprint density at radius 1 is 1.03 bits per heavy atom. The molecule has 1 aromatic heterocycles. The van der Waals surface area contributed by atoms with E-state index in [1.807, 2.05) is 0 Å². The minimum Gasteiger partial charge on any atom is -0.474 e. The first-order valence-electron chi connectivity index (χ1n) is 8.60. The molecule has 0 amide bonds. The van der Waals surface area contributed by atoms with Crippen LogP contribution in [0.5, 0.6) is 5.75 Å². The minimum absolute atomic E-state index is 0.0395. The van der Waals surface area contributed by atoms with Gasteiger partial charge in [-0.3, -0.25) is 0 Å². The highest BCUT2D eigenvalue weighted by atomic mass is 19.4. The van der Waals surface area contributed by atoms with Gasteiger partial charge in [-0.15, -0.1) is 10.2 Å². The summed E-state index contributed by atoms with van der Waals surface area (Å²) in [5.74, 6) is -2.97. The first-order chi connectivity index (χ1) is 14.0. The second-order valence-corrected chi connectivity index (χ2v) is 6.94. The Kier molecular flexibility index (Phi) is 5.24. The molecule has 0 radical (unpaired) electrons. The summed E-state index contributed by atoms with van der Waals surface area (Å²) < 4.78 is 75.2. The summed E-state index contributed by atoms with van der Waals surface area (Å²) in [6.45, 7) is 2.88. The Morgan fingerprint density at radius 2 is 1.63 bits per heavy atom. The Morgan fingerprint density at radius 3 is 2.20 bits per heavy atom. The predicted octanol–water partition coefficient (Wildman–Crippen LogP) is 4.96. The summed E-state index contributed by atoms with van der Waals surface area (Å²) in [5.41, 5.74) is -2.78. The van der Waals surface area contributed by atoms with Crippen LogP contribution in [0.1, 0.15) is 30.8 Å². The molecule has 30 heavy (non-hydrogen) atoms. The van der Waals surface area contributed by atoms with E-state index in [0.29, 0.717) is 0 Å². The van der Waals surface area contributed by atoms with Gasteiger partial charge in [0, 0.05) is 12.6 Å². The lowest BCUT2D eigenvalue weighted by Gasteiger charge is -2.26. The number of rotatable bonds is 4. The number of hydrogen-bond donors (Lipinski definition) is 0. The molecule has 0 bridgehead atoms. The van der Waals surface area contributed by atoms with Crippen LogP contribution in [0.4, 0.5) is 22.0 Å². The number of nitrogens with zero attached hydrogens (tertiary/aromatic N) is 4. The second kappa shape index (κ2) is 7.40. The number of halogens is 5. The van der Waals surface area contributed by atoms with Gasteiger partial charge in [-0.1, -0.05) is 18.2 Å². The maximum atomic E-state index is 14.2. The van der Waals surface area contributed by atoms with Gasteiger partial charge < -0.3 is 9.30 Å². The fourth-order valence-corrected chi connectivity index (χ4v) is 3.04. The Balaban J connectivity index is 2.04. The molecule has 0 N–H and O–H groups in total. The molecule has 0 aliphatic heterocycles. The standard InChI is InChI=1S/C20H15F5N4O/c1-19(2,30-16-14(21)8-11(10-26)9-15(16)22)18-28-27-17(29(18)3)12-6-4-5-7-13(12)20(23,24)25/h4-9H,1-3H3. The highest BCUT2D eigenvalue weighted by Crippen LogP contribution is 2.37. The van der Waals surface area contributed by atoms with Crippen molar-refractivity contribution in [3.8, 4) is 23.2 Å². The zero-order valence-electron chi connectivity index (χ0n) is 16.1. The van der Waals surface area contributed by atoms with Crippen LogP contribution >= 0.6 is 0 Å². The molecule has 10 heteroatoms. The van der Waals surface area contributed by atoms with Crippen molar-refractivity contribution in [3.63, 3.8) is 0 Å². The van der Waals surface area contributed by atoms with Crippen LogP contribution in [0, 0.1) is 23.0 Å². The molecule has 0 saturated carbocycles. The van der Waals surface area contributed by atoms with Gasteiger partial charge in [0.1, 0.15) is 0 Å². The van der Waals surface area contributed by atoms with Gasteiger partial charge in [-0.05, 0) is 32.0 Å². The van der Waals surface area contributed by atoms with E-state index in [2.05, 4.69) is 10.2 Å². The van der Waals surface area contributed by atoms with E-state index >= 15 is 0 Å². The molecule has 0 unspecified atom stereocenters. The van der Waals surface area contributed by atoms with E-state index in [4.69, 9.17) is 10.00 Å². The lowest BCUT2D eigenvalue weighted by Crippen LogP contribution is -2.30. The second-order valence-electron chi connectivity index (χ2n) is 6.94. The molecule has 0 atom stereocenters. The third kappa shape index (κ3) is 3.83. The van der Waals surface area contributed by atoms with E-state index in [1.165, 1.54) is 43.7 Å². The zero-order valence-corrected chi connectivity index (χ0v) is 16.1. The number of aromatic nitrogens is 3. The van der Waals surface area contributed by atoms with E-state index in [-0.39, 0.29) is 22.8 Å². The quantitative estimate of drug-likeness (QED) is 0.558. The first-order valence-corrected chi connectivity index (χ1v) is 8.60. The Labute approximate surface area is 168 Å². The topological polar surface area (TPSA) is 63.7 Å². The van der Waals surface area contributed by atoms with Crippen LogP contribution < -0.4 is 4.74 Å². The van der Waals surface area contributed by atoms with E-state index in [0.717, 1.165) is 18.2 Å². The molecule has 0 aliphatic carbocycles. The summed E-state index contributed by atoms with van der Waals surface area (Å²) >= 11 is 0. The van der Waals surface area contributed by atoms with Crippen molar-refractivity contribution in [1.82, 2.24) is 14.8 Å². The average molecular weight is 422 g/mol. The number of alkyl halides is 3. The van der Waals surface area contributed by atoms with Crippen LogP contribution in [0.3, 0.4) is 0 Å². The van der Waals surface area contributed by atoms with Gasteiger partial charge in [-0.25, -0.2) is 8.78 Å². The summed E-state index contributed by atoms with van der Waals surface area (Å²) in [7, 11) is 1.43. The van der Waals surface area contributed by atoms with E-state index in [1.54, 1.807) is 6.07 Å². The van der Waals surface area contributed by atoms with E-state index in [9.17, 15) is 22.0 Å². The average Bonchev–Trinajstić information content (AvgIpc) is 3.06. The Hall–Kier alpha value is -3.48. The number of ether oxygens (including phenoxy) is 1. The van der Waals surface area contributed by atoms with Gasteiger partial charge in [0.25, 0.3) is 0 Å². The minimum atomic E-state index is -4.61. The molecule has 0 saturated heterocycles. The molecule has 5 nitrogen and oxygen atoms in total. The molecule has 3 aromatic rings. The SMILES string of the molecule is Cn1c(-c2ccccc2C(F)(F)F)nnc1C(C)(C)Oc1c(F)cc(C#N)cc1F. The molecule has 0 aliphatic rings. The number of hydrogen-bond acceptors (Lipinski definition) is 4. The summed E-state index contributed by atoms with van der Waals surface area (Å²) in [6.07, 6.45) is -4.61. The lowest BCUT2D eigenvalue weighted by atomic mass is 10.1. The lowest BCUT2D eigenvalue weighted by molar-refractivity contribution is -0.137. The van der Waals surface area contributed by atoms with Crippen molar-refractivity contribution >= 4 is 0 Å². The smallest absolute Gasteiger partial charge is 0.417 e. The summed E-state index contributed by atoms with van der Waals surface area (Å²) in [6, 6.07) is 8.12. The van der Waals surface area contributed by atoms with Crippen LogP contribution in [0.2, 0.25) is 0 Å². The monoisotopic (exact) mass is 422 g/mol. The predicted molar refractivity (Wildman–Crippen MR) is 96.2 cm³/mol. The van der Waals surface area contributed by atoms with Crippen LogP contribution in [0.25, 0.3) is 11.4 Å². The molecule has 156 valence electrons. The molecule has 1 heterocycles. The normalized spacial score (nSPS) is 12.0. The van der Waals surface area contributed by atoms with Crippen molar-refractivity contribution in [2.24, 2.45) is 7.05 Å². The third-order valence-electron chi connectivity index (χ3n) is 4.37. The largest absolute Gasteiger partial charge is 0.474 e. The van der Waals surface area contributed by atoms with Crippen molar-refractivity contribution in [2.75, 3.05) is 0 Å². The number of benzene rings is 2. The van der Waals surface area contributed by atoms with Gasteiger partial charge in [-0.2, -0.15) is 18.4 Å². The summed E-state index contributed by atoms with van der Waals surface area (Å²) in [4.78, 5) is 0.